The number of carbonyl (C=O) groups excluding carboxylic acids is 1. The quantitative estimate of drug-likeness (QED) is 0.563. The van der Waals surface area contributed by atoms with E-state index in [4.69, 9.17) is 4.74 Å². The van der Waals surface area contributed by atoms with Crippen LogP contribution in [0.15, 0.2) is 60.7 Å². The molecule has 1 amide bonds. The molecule has 3 aromatic rings. The van der Waals surface area contributed by atoms with Gasteiger partial charge in [0.15, 0.2) is 0 Å². The molecule has 4 rings (SSSR count). The predicted molar refractivity (Wildman–Crippen MR) is 118 cm³/mol. The maximum atomic E-state index is 13.4. The third-order valence-electron chi connectivity index (χ3n) is 5.41. The Kier molecular flexibility index (Phi) is 5.67. The maximum absolute atomic E-state index is 13.4. The number of carbonyl (C=O) groups is 1. The summed E-state index contributed by atoms with van der Waals surface area (Å²) in [5, 5.41) is 5.18. The van der Waals surface area contributed by atoms with Crippen molar-refractivity contribution in [1.29, 1.82) is 0 Å². The van der Waals surface area contributed by atoms with Crippen LogP contribution in [0.25, 0.3) is 10.8 Å². The van der Waals surface area contributed by atoms with Gasteiger partial charge in [0, 0.05) is 48.6 Å². The normalized spacial score (nSPS) is 14.7. The molecule has 1 saturated heterocycles. The van der Waals surface area contributed by atoms with E-state index in [-0.39, 0.29) is 11.5 Å². The fourth-order valence-corrected chi connectivity index (χ4v) is 3.82. The molecule has 0 spiro atoms. The van der Waals surface area contributed by atoms with Gasteiger partial charge in [-0.05, 0) is 53.9 Å². The number of hydrogen-bond acceptors (Lipinski definition) is 3. The van der Waals surface area contributed by atoms with Crippen LogP contribution in [0.5, 0.6) is 11.5 Å². The van der Waals surface area contributed by atoms with Crippen LogP contribution in [-0.2, 0) is 5.92 Å². The van der Waals surface area contributed by atoms with Gasteiger partial charge >= 0.3 is 0 Å². The van der Waals surface area contributed by atoms with Crippen molar-refractivity contribution in [2.24, 2.45) is 0 Å². The lowest BCUT2D eigenvalue weighted by Gasteiger charge is -2.40. The molecule has 1 heterocycles. The van der Waals surface area contributed by atoms with Gasteiger partial charge in [-0.25, -0.2) is 8.78 Å². The predicted octanol–water partition coefficient (Wildman–Crippen LogP) is 5.57. The second-order valence-corrected chi connectivity index (χ2v) is 8.44. The van der Waals surface area contributed by atoms with Gasteiger partial charge in [0.2, 0.25) is 0 Å². The van der Waals surface area contributed by atoms with Crippen molar-refractivity contribution in [2.75, 3.05) is 13.1 Å². The summed E-state index contributed by atoms with van der Waals surface area (Å²) in [5.74, 6) is -1.78. The van der Waals surface area contributed by atoms with Gasteiger partial charge in [-0.3, -0.25) is 4.79 Å². The van der Waals surface area contributed by atoms with E-state index in [1.54, 1.807) is 0 Å². The molecule has 1 aliphatic heterocycles. The molecule has 0 aliphatic carbocycles. The molecule has 0 aromatic heterocycles. The lowest BCUT2D eigenvalue weighted by molar-refractivity contribution is 0.0174. The van der Waals surface area contributed by atoms with Crippen LogP contribution in [0.1, 0.15) is 36.7 Å². The largest absolute Gasteiger partial charge is 0.457 e. The number of rotatable bonds is 6. The summed E-state index contributed by atoms with van der Waals surface area (Å²) in [4.78, 5) is 14.6. The summed E-state index contributed by atoms with van der Waals surface area (Å²) in [6.07, 6.45) is 0. The van der Waals surface area contributed by atoms with Gasteiger partial charge in [-0.2, -0.15) is 0 Å². The topological polar surface area (TPSA) is 41.6 Å². The summed E-state index contributed by atoms with van der Waals surface area (Å²) in [5.41, 5.74) is 0.583. The number of halogens is 2. The first-order chi connectivity index (χ1) is 14.7. The monoisotopic (exact) mass is 424 g/mol. The summed E-state index contributed by atoms with van der Waals surface area (Å²) in [7, 11) is 0. The molecule has 1 aliphatic rings. The lowest BCUT2D eigenvalue weighted by atomic mass is 10.0. The minimum atomic E-state index is -2.89. The molecule has 6 heteroatoms. The highest BCUT2D eigenvalue weighted by molar-refractivity contribution is 6.00. The lowest BCUT2D eigenvalue weighted by Crippen LogP contribution is -2.61. The highest BCUT2D eigenvalue weighted by Crippen LogP contribution is 2.33. The first kappa shape index (κ1) is 21.2. The summed E-state index contributed by atoms with van der Waals surface area (Å²) < 4.78 is 32.8. The molecule has 1 fully saturated rings. The van der Waals surface area contributed by atoms with Crippen molar-refractivity contribution >= 4 is 16.7 Å². The van der Waals surface area contributed by atoms with E-state index < -0.39 is 5.92 Å². The molecule has 0 atom stereocenters. The van der Waals surface area contributed by atoms with Gasteiger partial charge < -0.3 is 15.0 Å². The average Bonchev–Trinajstić information content (AvgIpc) is 2.69. The molecule has 162 valence electrons. The van der Waals surface area contributed by atoms with Gasteiger partial charge in [0.1, 0.15) is 11.5 Å². The van der Waals surface area contributed by atoms with E-state index in [2.05, 4.69) is 19.2 Å². The molecule has 0 unspecified atom stereocenters. The zero-order chi connectivity index (χ0) is 22.2. The Morgan fingerprint density at radius 1 is 1.10 bits per heavy atom. The fourth-order valence-electron chi connectivity index (χ4n) is 3.82. The van der Waals surface area contributed by atoms with Gasteiger partial charge in [0.25, 0.3) is 11.8 Å². The summed E-state index contributed by atoms with van der Waals surface area (Å²) >= 11 is 0. The van der Waals surface area contributed by atoms with Crippen LogP contribution >= 0.6 is 0 Å². The van der Waals surface area contributed by atoms with Gasteiger partial charge in [-0.15, -0.1) is 0 Å². The van der Waals surface area contributed by atoms with Crippen molar-refractivity contribution in [3.8, 4) is 11.5 Å². The molecular formula is C25H26F2N2O2. The highest BCUT2D eigenvalue weighted by atomic mass is 19.3. The Morgan fingerprint density at radius 2 is 1.81 bits per heavy atom. The Hall–Kier alpha value is -2.99. The van der Waals surface area contributed by atoms with Crippen molar-refractivity contribution < 1.29 is 18.3 Å². The first-order valence-electron chi connectivity index (χ1n) is 10.4. The number of hydrogen-bond donors (Lipinski definition) is 1. The molecular weight excluding hydrogens is 398 g/mol. The van der Waals surface area contributed by atoms with Gasteiger partial charge in [0.05, 0.1) is 0 Å². The van der Waals surface area contributed by atoms with Crippen LogP contribution in [-0.4, -0.2) is 36.0 Å². The molecule has 1 N–H and O–H groups in total. The zero-order valence-electron chi connectivity index (χ0n) is 17.9. The Morgan fingerprint density at radius 3 is 2.45 bits per heavy atom. The zero-order valence-corrected chi connectivity index (χ0v) is 17.9. The third kappa shape index (κ3) is 4.69. The summed E-state index contributed by atoms with van der Waals surface area (Å²) in [6, 6.07) is 17.7. The number of amides is 1. The third-order valence-corrected chi connectivity index (χ3v) is 5.41. The summed E-state index contributed by atoms with van der Waals surface area (Å²) in [6.45, 7) is 6.49. The van der Waals surface area contributed by atoms with Crippen LogP contribution in [0.3, 0.4) is 0 Å². The van der Waals surface area contributed by atoms with Crippen molar-refractivity contribution in [3.05, 3.63) is 71.8 Å². The molecule has 0 bridgehead atoms. The molecule has 0 saturated carbocycles. The standard InChI is InChI=1S/C25H26F2N2O2/c1-16(2)28-20-14-29(15-20)24(30)18-7-12-22-17(13-18)5-4-6-23(22)31-21-10-8-19(9-11-21)25(3,26)27/h4-13,16,20,28H,14-15H2,1-3H3. The molecule has 31 heavy (non-hydrogen) atoms. The maximum Gasteiger partial charge on any atom is 0.270 e. The van der Waals surface area contributed by atoms with Crippen molar-refractivity contribution in [3.63, 3.8) is 0 Å². The number of nitrogens with one attached hydrogen (secondary N) is 1. The van der Waals surface area contributed by atoms with Crippen molar-refractivity contribution in [2.45, 2.75) is 38.8 Å². The average molecular weight is 424 g/mol. The number of nitrogens with zero attached hydrogens (tertiary/aromatic N) is 1. The van der Waals surface area contributed by atoms with Crippen LogP contribution in [0.2, 0.25) is 0 Å². The van der Waals surface area contributed by atoms with Crippen LogP contribution in [0.4, 0.5) is 8.78 Å². The second-order valence-electron chi connectivity index (χ2n) is 8.44. The Labute approximate surface area is 180 Å². The van der Waals surface area contributed by atoms with E-state index in [9.17, 15) is 13.6 Å². The minimum absolute atomic E-state index is 0.0195. The van der Waals surface area contributed by atoms with E-state index in [1.165, 1.54) is 24.3 Å². The van der Waals surface area contributed by atoms with E-state index in [1.807, 2.05) is 41.3 Å². The van der Waals surface area contributed by atoms with E-state index >= 15 is 0 Å². The molecule has 3 aromatic carbocycles. The molecule has 4 nitrogen and oxygen atoms in total. The van der Waals surface area contributed by atoms with Gasteiger partial charge in [-0.1, -0.05) is 26.0 Å². The number of alkyl halides is 2. The van der Waals surface area contributed by atoms with E-state index in [0.29, 0.717) is 42.2 Å². The minimum Gasteiger partial charge on any atom is -0.457 e. The first-order valence-corrected chi connectivity index (χ1v) is 10.4. The Balaban J connectivity index is 1.50. The molecule has 0 radical (unpaired) electrons. The SMILES string of the molecule is CC(C)NC1CN(C(=O)c2ccc3c(Oc4ccc(C(C)(F)F)cc4)cccc3c2)C1. The number of likely N-dealkylation sites (tertiary alicyclic amines) is 1. The van der Waals surface area contributed by atoms with E-state index in [0.717, 1.165) is 17.7 Å². The number of benzene rings is 3. The van der Waals surface area contributed by atoms with Crippen LogP contribution < -0.4 is 10.1 Å². The van der Waals surface area contributed by atoms with Crippen LogP contribution in [0, 0.1) is 0 Å². The fraction of sp³-hybridized carbons (Fsp3) is 0.320. The number of ether oxygens (including phenoxy) is 1. The second kappa shape index (κ2) is 8.27. The van der Waals surface area contributed by atoms with Crippen molar-refractivity contribution in [1.82, 2.24) is 10.2 Å². The highest BCUT2D eigenvalue weighted by Gasteiger charge is 2.31. The smallest absolute Gasteiger partial charge is 0.270 e. The Bertz CT molecular complexity index is 1080. The number of fused-ring (bicyclic) bond motifs is 1.